The van der Waals surface area contributed by atoms with Crippen molar-refractivity contribution in [3.8, 4) is 0 Å². The fourth-order valence-electron chi connectivity index (χ4n) is 2.95. The molecule has 4 heteroatoms. The van der Waals surface area contributed by atoms with Gasteiger partial charge in [0.05, 0.1) is 0 Å². The average Bonchev–Trinajstić information content (AvgIpc) is 3.06. The van der Waals surface area contributed by atoms with Crippen molar-refractivity contribution in [3.63, 3.8) is 0 Å². The standard InChI is InChI=1S/C16H20N2OS/c1-2-20-15-9-5-8-13(15)18-16(19)14-10-11-6-3-4-7-12(11)17-14/h3-4,6-7,10,13,15,17H,2,5,8-9H2,1H3,(H,18,19). The molecule has 3 rings (SSSR count). The number of benzene rings is 1. The first-order valence-electron chi connectivity index (χ1n) is 7.28. The lowest BCUT2D eigenvalue weighted by molar-refractivity contribution is 0.0934. The number of hydrogen-bond donors (Lipinski definition) is 2. The molecule has 0 aliphatic heterocycles. The largest absolute Gasteiger partial charge is 0.351 e. The molecule has 1 aromatic heterocycles. The lowest BCUT2D eigenvalue weighted by Gasteiger charge is -2.19. The minimum Gasteiger partial charge on any atom is -0.351 e. The Hall–Kier alpha value is -1.42. The van der Waals surface area contributed by atoms with E-state index in [1.165, 1.54) is 12.8 Å². The first kappa shape index (κ1) is 13.6. The topological polar surface area (TPSA) is 44.9 Å². The fourth-order valence-corrected chi connectivity index (χ4v) is 4.14. The van der Waals surface area contributed by atoms with E-state index in [9.17, 15) is 4.79 Å². The lowest BCUT2D eigenvalue weighted by atomic mass is 10.2. The number of thioether (sulfide) groups is 1. The van der Waals surface area contributed by atoms with Crippen molar-refractivity contribution in [3.05, 3.63) is 36.0 Å². The van der Waals surface area contributed by atoms with Gasteiger partial charge >= 0.3 is 0 Å². The predicted molar refractivity (Wildman–Crippen MR) is 85.3 cm³/mol. The molecule has 1 aromatic carbocycles. The summed E-state index contributed by atoms with van der Waals surface area (Å²) >= 11 is 1.96. The average molecular weight is 288 g/mol. The highest BCUT2D eigenvalue weighted by molar-refractivity contribution is 7.99. The first-order chi connectivity index (χ1) is 9.78. The number of H-pyrrole nitrogens is 1. The number of nitrogens with one attached hydrogen (secondary N) is 2. The van der Waals surface area contributed by atoms with Crippen LogP contribution in [0.2, 0.25) is 0 Å². The molecule has 0 spiro atoms. The molecule has 1 heterocycles. The van der Waals surface area contributed by atoms with E-state index in [0.717, 1.165) is 23.1 Å². The van der Waals surface area contributed by atoms with Gasteiger partial charge in [-0.1, -0.05) is 31.5 Å². The van der Waals surface area contributed by atoms with Crippen molar-refractivity contribution in [1.82, 2.24) is 10.3 Å². The van der Waals surface area contributed by atoms with Gasteiger partial charge in [0.2, 0.25) is 0 Å². The fraction of sp³-hybridized carbons (Fsp3) is 0.438. The lowest BCUT2D eigenvalue weighted by Crippen LogP contribution is -2.38. The number of amides is 1. The third-order valence-electron chi connectivity index (χ3n) is 3.92. The Labute approximate surface area is 123 Å². The van der Waals surface area contributed by atoms with E-state index in [1.807, 2.05) is 42.1 Å². The summed E-state index contributed by atoms with van der Waals surface area (Å²) in [5, 5.41) is 4.86. The second kappa shape index (κ2) is 5.92. The molecule has 1 aliphatic carbocycles. The SMILES string of the molecule is CCSC1CCCC1NC(=O)c1cc2ccccc2[nH]1. The Balaban J connectivity index is 1.72. The van der Waals surface area contributed by atoms with Gasteiger partial charge in [-0.3, -0.25) is 4.79 Å². The minimum atomic E-state index is 0.0230. The molecule has 106 valence electrons. The van der Waals surface area contributed by atoms with Crippen LogP contribution in [0.15, 0.2) is 30.3 Å². The summed E-state index contributed by atoms with van der Waals surface area (Å²) in [7, 11) is 0. The zero-order valence-electron chi connectivity index (χ0n) is 11.7. The van der Waals surface area contributed by atoms with Crippen LogP contribution in [0.5, 0.6) is 0 Å². The van der Waals surface area contributed by atoms with Crippen LogP contribution < -0.4 is 5.32 Å². The number of aromatic amines is 1. The molecule has 0 saturated heterocycles. The molecule has 0 bridgehead atoms. The number of para-hydroxylation sites is 1. The van der Waals surface area contributed by atoms with E-state index in [4.69, 9.17) is 0 Å². The summed E-state index contributed by atoms with van der Waals surface area (Å²) in [5.74, 6) is 1.14. The number of rotatable bonds is 4. The van der Waals surface area contributed by atoms with Crippen LogP contribution >= 0.6 is 11.8 Å². The van der Waals surface area contributed by atoms with Crippen LogP contribution in [0.4, 0.5) is 0 Å². The van der Waals surface area contributed by atoms with Crippen molar-refractivity contribution in [1.29, 1.82) is 0 Å². The van der Waals surface area contributed by atoms with Gasteiger partial charge in [-0.25, -0.2) is 0 Å². The van der Waals surface area contributed by atoms with Crippen LogP contribution in [0.3, 0.4) is 0 Å². The molecule has 2 N–H and O–H groups in total. The van der Waals surface area contributed by atoms with E-state index in [0.29, 0.717) is 17.0 Å². The molecule has 20 heavy (non-hydrogen) atoms. The second-order valence-corrected chi connectivity index (χ2v) is 6.79. The summed E-state index contributed by atoms with van der Waals surface area (Å²) < 4.78 is 0. The summed E-state index contributed by atoms with van der Waals surface area (Å²) in [6, 6.07) is 10.2. The van der Waals surface area contributed by atoms with Gasteiger partial charge < -0.3 is 10.3 Å². The van der Waals surface area contributed by atoms with Gasteiger partial charge in [0.1, 0.15) is 5.69 Å². The Morgan fingerprint density at radius 1 is 1.40 bits per heavy atom. The van der Waals surface area contributed by atoms with Gasteiger partial charge in [0.15, 0.2) is 0 Å². The Bertz CT molecular complexity index is 574. The summed E-state index contributed by atoms with van der Waals surface area (Å²) in [5.41, 5.74) is 1.68. The molecule has 1 saturated carbocycles. The molecule has 3 nitrogen and oxygen atoms in total. The summed E-state index contributed by atoms with van der Waals surface area (Å²) in [6.07, 6.45) is 3.54. The molecule has 1 fully saturated rings. The zero-order valence-corrected chi connectivity index (χ0v) is 12.5. The number of fused-ring (bicyclic) bond motifs is 1. The van der Waals surface area contributed by atoms with Gasteiger partial charge in [-0.2, -0.15) is 11.8 Å². The molecule has 1 aliphatic rings. The van der Waals surface area contributed by atoms with E-state index in [1.54, 1.807) is 0 Å². The Morgan fingerprint density at radius 2 is 2.25 bits per heavy atom. The van der Waals surface area contributed by atoms with E-state index in [2.05, 4.69) is 17.2 Å². The summed E-state index contributed by atoms with van der Waals surface area (Å²) in [4.78, 5) is 15.6. The monoisotopic (exact) mass is 288 g/mol. The number of carbonyl (C=O) groups excluding carboxylic acids is 1. The third kappa shape index (κ3) is 2.70. The third-order valence-corrected chi connectivity index (χ3v) is 5.25. The van der Waals surface area contributed by atoms with E-state index in [-0.39, 0.29) is 5.91 Å². The minimum absolute atomic E-state index is 0.0230. The van der Waals surface area contributed by atoms with Crippen LogP contribution in [-0.2, 0) is 0 Å². The normalized spacial score (nSPS) is 22.2. The first-order valence-corrected chi connectivity index (χ1v) is 8.33. The maximum atomic E-state index is 12.4. The van der Waals surface area contributed by atoms with Crippen LogP contribution in [0, 0.1) is 0 Å². The van der Waals surface area contributed by atoms with Gasteiger partial charge in [-0.05, 0) is 30.7 Å². The van der Waals surface area contributed by atoms with E-state index >= 15 is 0 Å². The Kier molecular flexibility index (Phi) is 4.01. The molecular formula is C16H20N2OS. The van der Waals surface area contributed by atoms with Crippen LogP contribution in [-0.4, -0.2) is 27.9 Å². The Morgan fingerprint density at radius 3 is 3.05 bits per heavy atom. The number of aromatic nitrogens is 1. The highest BCUT2D eigenvalue weighted by Gasteiger charge is 2.28. The highest BCUT2D eigenvalue weighted by Crippen LogP contribution is 2.30. The number of hydrogen-bond acceptors (Lipinski definition) is 2. The highest BCUT2D eigenvalue weighted by atomic mass is 32.2. The maximum Gasteiger partial charge on any atom is 0.267 e. The van der Waals surface area contributed by atoms with Crippen LogP contribution in [0.25, 0.3) is 10.9 Å². The quantitative estimate of drug-likeness (QED) is 0.903. The molecular weight excluding hydrogens is 268 g/mol. The van der Waals surface area contributed by atoms with Crippen molar-refractivity contribution < 1.29 is 4.79 Å². The molecule has 2 atom stereocenters. The molecule has 1 amide bonds. The summed E-state index contributed by atoms with van der Waals surface area (Å²) in [6.45, 7) is 2.18. The smallest absolute Gasteiger partial charge is 0.267 e. The van der Waals surface area contributed by atoms with E-state index < -0.39 is 0 Å². The molecule has 2 aromatic rings. The molecule has 0 radical (unpaired) electrons. The number of carbonyl (C=O) groups is 1. The van der Waals surface area contributed by atoms with Crippen LogP contribution in [0.1, 0.15) is 36.7 Å². The van der Waals surface area contributed by atoms with Crippen molar-refractivity contribution >= 4 is 28.6 Å². The zero-order chi connectivity index (χ0) is 13.9. The maximum absolute atomic E-state index is 12.4. The van der Waals surface area contributed by atoms with Crippen molar-refractivity contribution in [2.45, 2.75) is 37.5 Å². The van der Waals surface area contributed by atoms with Crippen molar-refractivity contribution in [2.75, 3.05) is 5.75 Å². The van der Waals surface area contributed by atoms with Crippen molar-refractivity contribution in [2.24, 2.45) is 0 Å². The predicted octanol–water partition coefficient (Wildman–Crippen LogP) is 3.57. The second-order valence-electron chi connectivity index (χ2n) is 5.27. The van der Waals surface area contributed by atoms with Gasteiger partial charge in [0, 0.05) is 22.2 Å². The molecule has 2 unspecified atom stereocenters. The van der Waals surface area contributed by atoms with Gasteiger partial charge in [-0.15, -0.1) is 0 Å². The van der Waals surface area contributed by atoms with Gasteiger partial charge in [0.25, 0.3) is 5.91 Å².